The van der Waals surface area contributed by atoms with Crippen LogP contribution in [-0.4, -0.2) is 26.2 Å². The highest BCUT2D eigenvalue weighted by Gasteiger charge is 2.13. The molecular formula is C20H29FN4. The average molecular weight is 344 g/mol. The maximum atomic E-state index is 14.0. The van der Waals surface area contributed by atoms with Crippen LogP contribution >= 0.6 is 0 Å². The Bertz CT molecular complexity index is 677. The number of nitrogens with one attached hydrogen (secondary N) is 1. The van der Waals surface area contributed by atoms with Crippen molar-refractivity contribution in [2.45, 2.75) is 27.7 Å². The van der Waals surface area contributed by atoms with Crippen molar-refractivity contribution >= 4 is 28.4 Å². The van der Waals surface area contributed by atoms with E-state index in [2.05, 4.69) is 54.9 Å². The van der Waals surface area contributed by atoms with Gasteiger partial charge in [0.05, 0.1) is 17.1 Å². The van der Waals surface area contributed by atoms with Gasteiger partial charge >= 0.3 is 0 Å². The minimum absolute atomic E-state index is 0.171. The monoisotopic (exact) mass is 344 g/mol. The molecule has 4 nitrogen and oxygen atoms in total. The van der Waals surface area contributed by atoms with E-state index in [4.69, 9.17) is 5.73 Å². The van der Waals surface area contributed by atoms with Gasteiger partial charge in [0.15, 0.2) is 0 Å². The van der Waals surface area contributed by atoms with Crippen molar-refractivity contribution in [3.63, 3.8) is 0 Å². The van der Waals surface area contributed by atoms with Gasteiger partial charge < -0.3 is 20.9 Å². The zero-order chi connectivity index (χ0) is 18.4. The van der Waals surface area contributed by atoms with E-state index in [0.29, 0.717) is 0 Å². The quantitative estimate of drug-likeness (QED) is 0.672. The number of anilines is 5. The fraction of sp³-hybridized carbons (Fsp3) is 0.400. The Morgan fingerprint density at radius 1 is 0.880 bits per heavy atom. The molecule has 3 N–H and O–H groups in total. The van der Waals surface area contributed by atoms with E-state index in [9.17, 15) is 4.39 Å². The van der Waals surface area contributed by atoms with Gasteiger partial charge in [-0.05, 0) is 58.0 Å². The second-order valence-electron chi connectivity index (χ2n) is 5.91. The van der Waals surface area contributed by atoms with E-state index in [0.717, 1.165) is 43.2 Å². The van der Waals surface area contributed by atoms with Crippen LogP contribution in [0.5, 0.6) is 0 Å². The lowest BCUT2D eigenvalue weighted by molar-refractivity contribution is 0.633. The summed E-state index contributed by atoms with van der Waals surface area (Å²) >= 11 is 0. The molecule has 0 spiro atoms. The number of nitrogen functional groups attached to an aromatic ring is 1. The molecular weight excluding hydrogens is 315 g/mol. The maximum Gasteiger partial charge on any atom is 0.148 e. The lowest BCUT2D eigenvalue weighted by atomic mass is 10.2. The van der Waals surface area contributed by atoms with Gasteiger partial charge in [-0.15, -0.1) is 0 Å². The Labute approximate surface area is 150 Å². The molecule has 25 heavy (non-hydrogen) atoms. The summed E-state index contributed by atoms with van der Waals surface area (Å²) in [5, 5.41) is 3.34. The Kier molecular flexibility index (Phi) is 6.51. The topological polar surface area (TPSA) is 44.5 Å². The van der Waals surface area contributed by atoms with Crippen LogP contribution in [0, 0.1) is 5.82 Å². The summed E-state index contributed by atoms with van der Waals surface area (Å²) in [4.78, 5) is 4.44. The second-order valence-corrected chi connectivity index (χ2v) is 5.91. The Hall–Kier alpha value is -2.43. The zero-order valence-electron chi connectivity index (χ0n) is 15.6. The van der Waals surface area contributed by atoms with Crippen molar-refractivity contribution in [1.82, 2.24) is 0 Å². The fourth-order valence-corrected chi connectivity index (χ4v) is 3.00. The molecule has 0 fully saturated rings. The summed E-state index contributed by atoms with van der Waals surface area (Å²) in [6.07, 6.45) is 0. The predicted molar refractivity (Wildman–Crippen MR) is 108 cm³/mol. The molecule has 0 radical (unpaired) electrons. The van der Waals surface area contributed by atoms with Crippen LogP contribution in [0.3, 0.4) is 0 Å². The molecule has 0 aliphatic heterocycles. The lowest BCUT2D eigenvalue weighted by Gasteiger charge is -2.25. The number of nitrogens with zero attached hydrogens (tertiary/aromatic N) is 2. The standard InChI is InChI=1S/C20H29FN4/c1-5-24(6-2)16-11-9-15(10-12-16)23-19-13-17(21)18(22)14-20(19)25(7-3)8-4/h9-14,23H,5-8,22H2,1-4H3. The summed E-state index contributed by atoms with van der Waals surface area (Å²) in [7, 11) is 0. The van der Waals surface area contributed by atoms with Gasteiger partial charge in [0.1, 0.15) is 5.82 Å². The summed E-state index contributed by atoms with van der Waals surface area (Å²) in [5.74, 6) is -0.404. The van der Waals surface area contributed by atoms with Gasteiger partial charge in [-0.3, -0.25) is 0 Å². The molecule has 2 aromatic rings. The lowest BCUT2D eigenvalue weighted by Crippen LogP contribution is -2.23. The zero-order valence-corrected chi connectivity index (χ0v) is 15.6. The number of hydrogen-bond acceptors (Lipinski definition) is 4. The molecule has 0 amide bonds. The van der Waals surface area contributed by atoms with E-state index in [1.54, 1.807) is 6.07 Å². The molecule has 0 saturated carbocycles. The molecule has 136 valence electrons. The molecule has 0 atom stereocenters. The molecule has 2 rings (SSSR count). The molecule has 0 aliphatic rings. The minimum atomic E-state index is -0.404. The second kappa shape index (κ2) is 8.60. The summed E-state index contributed by atoms with van der Waals surface area (Å²) in [6.45, 7) is 12.0. The van der Waals surface area contributed by atoms with Crippen molar-refractivity contribution in [3.8, 4) is 0 Å². The van der Waals surface area contributed by atoms with E-state index in [-0.39, 0.29) is 5.69 Å². The average Bonchev–Trinajstić information content (AvgIpc) is 2.62. The largest absolute Gasteiger partial charge is 0.396 e. The molecule has 0 unspecified atom stereocenters. The van der Waals surface area contributed by atoms with E-state index >= 15 is 0 Å². The fourth-order valence-electron chi connectivity index (χ4n) is 3.00. The molecule has 2 aromatic carbocycles. The highest BCUT2D eigenvalue weighted by molar-refractivity contribution is 5.79. The van der Waals surface area contributed by atoms with Crippen LogP contribution in [0.1, 0.15) is 27.7 Å². The number of halogens is 1. The summed E-state index contributed by atoms with van der Waals surface area (Å²) in [6, 6.07) is 11.4. The first-order chi connectivity index (χ1) is 12.0. The van der Waals surface area contributed by atoms with Crippen molar-refractivity contribution in [3.05, 3.63) is 42.2 Å². The van der Waals surface area contributed by atoms with E-state index < -0.39 is 5.82 Å². The molecule has 0 heterocycles. The van der Waals surface area contributed by atoms with Gasteiger partial charge in [-0.2, -0.15) is 0 Å². The van der Waals surface area contributed by atoms with Gasteiger partial charge in [-0.25, -0.2) is 4.39 Å². The highest BCUT2D eigenvalue weighted by atomic mass is 19.1. The van der Waals surface area contributed by atoms with Gasteiger partial charge in [0.25, 0.3) is 0 Å². The Morgan fingerprint density at radius 2 is 1.44 bits per heavy atom. The van der Waals surface area contributed by atoms with Gasteiger partial charge in [-0.1, -0.05) is 0 Å². The van der Waals surface area contributed by atoms with Crippen molar-refractivity contribution in [2.75, 3.05) is 47.0 Å². The van der Waals surface area contributed by atoms with Crippen LogP contribution < -0.4 is 20.9 Å². The minimum Gasteiger partial charge on any atom is -0.396 e. The number of rotatable bonds is 8. The molecule has 5 heteroatoms. The number of benzene rings is 2. The van der Waals surface area contributed by atoms with Gasteiger partial charge in [0, 0.05) is 43.6 Å². The Balaban J connectivity index is 2.31. The van der Waals surface area contributed by atoms with E-state index in [1.807, 2.05) is 12.1 Å². The van der Waals surface area contributed by atoms with Crippen LogP contribution in [0.15, 0.2) is 36.4 Å². The van der Waals surface area contributed by atoms with Crippen LogP contribution in [0.25, 0.3) is 0 Å². The first-order valence-electron chi connectivity index (χ1n) is 8.99. The molecule has 0 saturated heterocycles. The first kappa shape index (κ1) is 18.9. The highest BCUT2D eigenvalue weighted by Crippen LogP contribution is 2.33. The molecule has 0 aliphatic carbocycles. The predicted octanol–water partition coefficient (Wildman–Crippen LogP) is 4.84. The Morgan fingerprint density at radius 3 is 1.96 bits per heavy atom. The van der Waals surface area contributed by atoms with Crippen LogP contribution in [0.2, 0.25) is 0 Å². The summed E-state index contributed by atoms with van der Waals surface area (Å²) in [5.41, 5.74) is 9.70. The maximum absolute atomic E-state index is 14.0. The SMILES string of the molecule is CCN(CC)c1ccc(Nc2cc(F)c(N)cc2N(CC)CC)cc1. The van der Waals surface area contributed by atoms with Crippen LogP contribution in [-0.2, 0) is 0 Å². The van der Waals surface area contributed by atoms with Crippen LogP contribution in [0.4, 0.5) is 32.8 Å². The number of hydrogen-bond donors (Lipinski definition) is 2. The third-order valence-corrected chi connectivity index (χ3v) is 4.49. The first-order valence-corrected chi connectivity index (χ1v) is 8.99. The van der Waals surface area contributed by atoms with Crippen molar-refractivity contribution in [1.29, 1.82) is 0 Å². The smallest absolute Gasteiger partial charge is 0.148 e. The third kappa shape index (κ3) is 4.35. The normalized spacial score (nSPS) is 10.6. The van der Waals surface area contributed by atoms with Gasteiger partial charge in [0.2, 0.25) is 0 Å². The molecule has 0 aromatic heterocycles. The molecule has 0 bridgehead atoms. The van der Waals surface area contributed by atoms with E-state index in [1.165, 1.54) is 11.8 Å². The number of nitrogens with two attached hydrogens (primary N) is 1. The van der Waals surface area contributed by atoms with Crippen molar-refractivity contribution in [2.24, 2.45) is 0 Å². The van der Waals surface area contributed by atoms with Crippen molar-refractivity contribution < 1.29 is 4.39 Å². The third-order valence-electron chi connectivity index (χ3n) is 4.49. The summed E-state index contributed by atoms with van der Waals surface area (Å²) < 4.78 is 14.0.